The van der Waals surface area contributed by atoms with Gasteiger partial charge in [0.1, 0.15) is 11.5 Å². The Morgan fingerprint density at radius 2 is 2.00 bits per heavy atom. The molecule has 7 heteroatoms. The third kappa shape index (κ3) is 4.18. The van der Waals surface area contributed by atoms with Crippen molar-refractivity contribution >= 4 is 44.6 Å². The number of thiophene rings is 1. The molecule has 146 valence electrons. The fourth-order valence-corrected chi connectivity index (χ4v) is 4.27. The number of rotatable bonds is 6. The lowest BCUT2D eigenvalue weighted by Gasteiger charge is -2.13. The molecule has 29 heavy (non-hydrogen) atoms. The number of anilines is 1. The number of pyridine rings is 1. The number of halogens is 1. The molecular formula is C22H17ClN2O3S. The normalized spacial score (nSPS) is 10.7. The Bertz CT molecular complexity index is 1160. The summed E-state index contributed by atoms with van der Waals surface area (Å²) < 4.78 is 12.2. The maximum atomic E-state index is 12.8. The van der Waals surface area contributed by atoms with Crippen LogP contribution in [-0.4, -0.2) is 18.0 Å². The SMILES string of the molecule is COc1ccc(NC(=O)c2sc3ccccc3c2Cl)cc1OCc1cccnc1. The van der Waals surface area contributed by atoms with E-state index in [0.717, 1.165) is 15.6 Å². The van der Waals surface area contributed by atoms with Gasteiger partial charge in [-0.2, -0.15) is 0 Å². The fourth-order valence-electron chi connectivity index (χ4n) is 2.86. The van der Waals surface area contributed by atoms with Crippen molar-refractivity contribution in [3.8, 4) is 11.5 Å². The zero-order valence-corrected chi connectivity index (χ0v) is 17.1. The summed E-state index contributed by atoms with van der Waals surface area (Å²) in [5.74, 6) is 0.836. The van der Waals surface area contributed by atoms with Crippen LogP contribution in [0.2, 0.25) is 5.02 Å². The number of nitrogens with one attached hydrogen (secondary N) is 1. The Balaban J connectivity index is 1.55. The lowest BCUT2D eigenvalue weighted by Crippen LogP contribution is -2.11. The van der Waals surface area contributed by atoms with Crippen molar-refractivity contribution in [3.05, 3.63) is 82.5 Å². The average Bonchev–Trinajstić information content (AvgIpc) is 3.10. The van der Waals surface area contributed by atoms with Gasteiger partial charge in [-0.15, -0.1) is 11.3 Å². The standard InChI is InChI=1S/C22H17ClN2O3S/c1-27-17-9-8-15(11-18(17)28-13-14-5-4-10-24-12-14)25-22(26)21-20(23)16-6-2-3-7-19(16)29-21/h2-12H,13H2,1H3,(H,25,26). The van der Waals surface area contributed by atoms with Crippen molar-refractivity contribution in [1.82, 2.24) is 4.98 Å². The molecule has 0 unspecified atom stereocenters. The van der Waals surface area contributed by atoms with Crippen LogP contribution < -0.4 is 14.8 Å². The molecule has 1 N–H and O–H groups in total. The van der Waals surface area contributed by atoms with Gasteiger partial charge in [-0.05, 0) is 24.3 Å². The molecule has 2 heterocycles. The van der Waals surface area contributed by atoms with Crippen LogP contribution in [0.15, 0.2) is 67.0 Å². The highest BCUT2D eigenvalue weighted by Crippen LogP contribution is 2.36. The number of amides is 1. The Hall–Kier alpha value is -3.09. The predicted octanol–water partition coefficient (Wildman–Crippen LogP) is 5.79. The van der Waals surface area contributed by atoms with E-state index in [-0.39, 0.29) is 5.91 Å². The van der Waals surface area contributed by atoms with Crippen molar-refractivity contribution < 1.29 is 14.3 Å². The van der Waals surface area contributed by atoms with Crippen LogP contribution in [0.5, 0.6) is 11.5 Å². The number of benzene rings is 2. The van der Waals surface area contributed by atoms with E-state index in [0.29, 0.717) is 33.7 Å². The van der Waals surface area contributed by atoms with E-state index in [1.807, 2.05) is 36.4 Å². The van der Waals surface area contributed by atoms with Crippen LogP contribution in [0.4, 0.5) is 5.69 Å². The molecule has 1 amide bonds. The van der Waals surface area contributed by atoms with E-state index in [1.54, 1.807) is 37.7 Å². The van der Waals surface area contributed by atoms with Gasteiger partial charge < -0.3 is 14.8 Å². The van der Waals surface area contributed by atoms with Gasteiger partial charge in [0.15, 0.2) is 11.5 Å². The molecule has 0 aliphatic carbocycles. The highest BCUT2D eigenvalue weighted by atomic mass is 35.5. The molecule has 0 fully saturated rings. The van der Waals surface area contributed by atoms with Gasteiger partial charge in [-0.1, -0.05) is 35.9 Å². The van der Waals surface area contributed by atoms with Crippen LogP contribution in [0.1, 0.15) is 15.2 Å². The third-order valence-electron chi connectivity index (χ3n) is 4.28. The molecule has 0 bridgehead atoms. The fraction of sp³-hybridized carbons (Fsp3) is 0.0909. The number of fused-ring (bicyclic) bond motifs is 1. The van der Waals surface area contributed by atoms with Crippen LogP contribution in [-0.2, 0) is 6.61 Å². The summed E-state index contributed by atoms with van der Waals surface area (Å²) in [6.45, 7) is 0.337. The molecule has 0 saturated carbocycles. The molecule has 0 radical (unpaired) electrons. The van der Waals surface area contributed by atoms with Crippen LogP contribution in [0.3, 0.4) is 0 Å². The van der Waals surface area contributed by atoms with E-state index in [4.69, 9.17) is 21.1 Å². The molecule has 0 aliphatic heterocycles. The van der Waals surface area contributed by atoms with Gasteiger partial charge in [-0.25, -0.2) is 0 Å². The van der Waals surface area contributed by atoms with Gasteiger partial charge in [0, 0.05) is 39.8 Å². The largest absolute Gasteiger partial charge is 0.493 e. The number of hydrogen-bond acceptors (Lipinski definition) is 5. The summed E-state index contributed by atoms with van der Waals surface area (Å²) in [5, 5.41) is 4.23. The van der Waals surface area contributed by atoms with Crippen molar-refractivity contribution in [2.45, 2.75) is 6.61 Å². The topological polar surface area (TPSA) is 60.5 Å². The second kappa shape index (κ2) is 8.51. The highest BCUT2D eigenvalue weighted by molar-refractivity contribution is 7.21. The third-order valence-corrected chi connectivity index (χ3v) is 5.95. The minimum atomic E-state index is -0.264. The maximum Gasteiger partial charge on any atom is 0.267 e. The van der Waals surface area contributed by atoms with E-state index < -0.39 is 0 Å². The van der Waals surface area contributed by atoms with Crippen molar-refractivity contribution in [2.24, 2.45) is 0 Å². The van der Waals surface area contributed by atoms with Crippen molar-refractivity contribution in [3.63, 3.8) is 0 Å². The van der Waals surface area contributed by atoms with E-state index in [1.165, 1.54) is 11.3 Å². The number of ether oxygens (including phenoxy) is 2. The lowest BCUT2D eigenvalue weighted by molar-refractivity contribution is 0.103. The van der Waals surface area contributed by atoms with Gasteiger partial charge in [0.05, 0.1) is 12.1 Å². The van der Waals surface area contributed by atoms with Crippen LogP contribution in [0.25, 0.3) is 10.1 Å². The monoisotopic (exact) mass is 424 g/mol. The van der Waals surface area contributed by atoms with E-state index >= 15 is 0 Å². The summed E-state index contributed by atoms with van der Waals surface area (Å²) in [6.07, 6.45) is 3.45. The molecular weight excluding hydrogens is 408 g/mol. The van der Waals surface area contributed by atoms with Gasteiger partial charge in [-0.3, -0.25) is 9.78 Å². The van der Waals surface area contributed by atoms with Crippen LogP contribution in [0, 0.1) is 0 Å². The number of methoxy groups -OCH3 is 1. The summed E-state index contributed by atoms with van der Waals surface area (Å²) in [5.41, 5.74) is 1.52. The summed E-state index contributed by atoms with van der Waals surface area (Å²) in [4.78, 5) is 17.3. The Morgan fingerprint density at radius 1 is 1.14 bits per heavy atom. The van der Waals surface area contributed by atoms with E-state index in [2.05, 4.69) is 10.3 Å². The molecule has 4 aromatic rings. The molecule has 4 rings (SSSR count). The predicted molar refractivity (Wildman–Crippen MR) is 116 cm³/mol. The highest BCUT2D eigenvalue weighted by Gasteiger charge is 2.17. The molecule has 0 aliphatic rings. The number of nitrogens with zero attached hydrogens (tertiary/aromatic N) is 1. The van der Waals surface area contributed by atoms with E-state index in [9.17, 15) is 4.79 Å². The number of carbonyl (C=O) groups is 1. The minimum Gasteiger partial charge on any atom is -0.493 e. The zero-order chi connectivity index (χ0) is 20.2. The first-order valence-corrected chi connectivity index (χ1v) is 10.0. The second-order valence-electron chi connectivity index (χ2n) is 6.21. The lowest BCUT2D eigenvalue weighted by atomic mass is 10.2. The van der Waals surface area contributed by atoms with Gasteiger partial charge >= 0.3 is 0 Å². The quantitative estimate of drug-likeness (QED) is 0.425. The molecule has 0 atom stereocenters. The summed E-state index contributed by atoms with van der Waals surface area (Å²) >= 11 is 7.78. The molecule has 0 spiro atoms. The first-order chi connectivity index (χ1) is 14.2. The Morgan fingerprint density at radius 3 is 2.76 bits per heavy atom. The van der Waals surface area contributed by atoms with Crippen LogP contribution >= 0.6 is 22.9 Å². The minimum absolute atomic E-state index is 0.264. The molecule has 2 aromatic heterocycles. The Kier molecular flexibility index (Phi) is 5.64. The number of hydrogen-bond donors (Lipinski definition) is 1. The van der Waals surface area contributed by atoms with Crippen molar-refractivity contribution in [1.29, 1.82) is 0 Å². The summed E-state index contributed by atoms with van der Waals surface area (Å²) in [7, 11) is 1.57. The van der Waals surface area contributed by atoms with Gasteiger partial charge in [0.2, 0.25) is 0 Å². The zero-order valence-electron chi connectivity index (χ0n) is 15.5. The van der Waals surface area contributed by atoms with Crippen molar-refractivity contribution in [2.75, 3.05) is 12.4 Å². The average molecular weight is 425 g/mol. The number of carbonyl (C=O) groups excluding carboxylic acids is 1. The Labute approximate surface area is 176 Å². The molecule has 0 saturated heterocycles. The number of aromatic nitrogens is 1. The maximum absolute atomic E-state index is 12.8. The molecule has 2 aromatic carbocycles. The first-order valence-electron chi connectivity index (χ1n) is 8.84. The van der Waals surface area contributed by atoms with Gasteiger partial charge in [0.25, 0.3) is 5.91 Å². The second-order valence-corrected chi connectivity index (χ2v) is 7.64. The smallest absolute Gasteiger partial charge is 0.267 e. The molecule has 5 nitrogen and oxygen atoms in total. The summed E-state index contributed by atoms with van der Waals surface area (Å²) in [6, 6.07) is 16.7. The first kappa shape index (κ1) is 19.2.